The van der Waals surface area contributed by atoms with Crippen LogP contribution < -0.4 is 4.74 Å². The summed E-state index contributed by atoms with van der Waals surface area (Å²) in [5, 5.41) is 0.988. The first-order chi connectivity index (χ1) is 10.3. The lowest BCUT2D eigenvalue weighted by Crippen LogP contribution is -2.50. The summed E-state index contributed by atoms with van der Waals surface area (Å²) in [7, 11) is 0. The molecule has 0 spiro atoms. The van der Waals surface area contributed by atoms with E-state index in [-0.39, 0.29) is 17.4 Å². The zero-order valence-corrected chi connectivity index (χ0v) is 14.9. The highest BCUT2D eigenvalue weighted by Gasteiger charge is 2.33. The number of carbonyl (C=O) groups is 1. The number of likely N-dealkylation sites (tertiary alicyclic amines) is 1. The second-order valence-electron chi connectivity index (χ2n) is 6.79. The first-order valence-corrected chi connectivity index (χ1v) is 8.43. The molecule has 1 aliphatic heterocycles. The number of piperidine rings is 1. The van der Waals surface area contributed by atoms with Crippen molar-refractivity contribution in [3.05, 3.63) is 28.2 Å². The summed E-state index contributed by atoms with van der Waals surface area (Å²) in [6.45, 7) is 7.17. The van der Waals surface area contributed by atoms with E-state index in [4.69, 9.17) is 27.9 Å². The number of nitrogens with zero attached hydrogens (tertiary/aromatic N) is 1. The number of ether oxygens (including phenoxy) is 1. The van der Waals surface area contributed by atoms with Gasteiger partial charge in [0.1, 0.15) is 12.4 Å². The van der Waals surface area contributed by atoms with E-state index in [1.807, 2.05) is 25.7 Å². The lowest BCUT2D eigenvalue weighted by atomic mass is 9.91. The first kappa shape index (κ1) is 17.4. The van der Waals surface area contributed by atoms with Crippen LogP contribution in [-0.2, 0) is 4.79 Å². The second kappa shape index (κ2) is 7.10. The van der Waals surface area contributed by atoms with Crippen LogP contribution in [0.25, 0.3) is 0 Å². The summed E-state index contributed by atoms with van der Waals surface area (Å²) >= 11 is 11.9. The zero-order valence-electron chi connectivity index (χ0n) is 13.4. The maximum Gasteiger partial charge on any atom is 0.228 e. The summed E-state index contributed by atoms with van der Waals surface area (Å²) in [5.41, 5.74) is -0.362. The summed E-state index contributed by atoms with van der Waals surface area (Å²) < 4.78 is 5.84. The van der Waals surface area contributed by atoms with Crippen molar-refractivity contribution in [2.45, 2.75) is 46.1 Å². The highest BCUT2D eigenvalue weighted by atomic mass is 35.5. The minimum atomic E-state index is -0.362. The van der Waals surface area contributed by atoms with Gasteiger partial charge in [0.25, 0.3) is 0 Å². The average Bonchev–Trinajstić information content (AvgIpc) is 2.47. The quantitative estimate of drug-likeness (QED) is 0.788. The Hall–Kier alpha value is -0.930. The fourth-order valence-corrected chi connectivity index (χ4v) is 2.92. The van der Waals surface area contributed by atoms with Crippen LogP contribution in [0.2, 0.25) is 10.0 Å². The van der Waals surface area contributed by atoms with Crippen LogP contribution in [-0.4, -0.2) is 30.0 Å². The Morgan fingerprint density at radius 2 is 2.00 bits per heavy atom. The van der Waals surface area contributed by atoms with Crippen molar-refractivity contribution in [3.63, 3.8) is 0 Å². The van der Waals surface area contributed by atoms with Gasteiger partial charge in [0, 0.05) is 18.0 Å². The third-order valence-corrected chi connectivity index (χ3v) is 4.60. The van der Waals surface area contributed by atoms with Crippen LogP contribution in [0.1, 0.15) is 40.0 Å². The van der Waals surface area contributed by atoms with Crippen molar-refractivity contribution in [3.8, 4) is 5.75 Å². The Kier molecular flexibility index (Phi) is 5.62. The molecule has 3 nitrogen and oxygen atoms in total. The molecule has 0 aliphatic carbocycles. The lowest BCUT2D eigenvalue weighted by molar-refractivity contribution is -0.144. The Bertz CT molecular complexity index is 540. The third-order valence-electron chi connectivity index (χ3n) is 3.86. The standard InChI is InChI=1S/C17H23Cl2NO2/c1-17(2,3)16(21)20-9-5-4-6-12(20)11-22-13-7-8-14(18)15(19)10-13/h7-8,10,12H,4-6,9,11H2,1-3H3. The van der Waals surface area contributed by atoms with Gasteiger partial charge in [-0.15, -0.1) is 0 Å². The molecule has 1 aliphatic rings. The summed E-state index contributed by atoms with van der Waals surface area (Å²) in [6.07, 6.45) is 3.16. The van der Waals surface area contributed by atoms with Gasteiger partial charge in [-0.2, -0.15) is 0 Å². The van der Waals surface area contributed by atoms with E-state index < -0.39 is 0 Å². The smallest absolute Gasteiger partial charge is 0.228 e. The fourth-order valence-electron chi connectivity index (χ4n) is 2.63. The van der Waals surface area contributed by atoms with Gasteiger partial charge in [0.05, 0.1) is 16.1 Å². The van der Waals surface area contributed by atoms with Crippen LogP contribution in [0.3, 0.4) is 0 Å². The minimum absolute atomic E-state index is 0.120. The molecule has 22 heavy (non-hydrogen) atoms. The minimum Gasteiger partial charge on any atom is -0.491 e. The number of hydrogen-bond donors (Lipinski definition) is 0. The van der Waals surface area contributed by atoms with E-state index in [0.717, 1.165) is 25.8 Å². The Balaban J connectivity index is 2.02. The molecule has 0 saturated carbocycles. The van der Waals surface area contributed by atoms with Crippen molar-refractivity contribution >= 4 is 29.1 Å². The van der Waals surface area contributed by atoms with Gasteiger partial charge in [-0.25, -0.2) is 0 Å². The molecule has 5 heteroatoms. The summed E-state index contributed by atoms with van der Waals surface area (Å²) in [4.78, 5) is 14.5. The molecule has 2 rings (SSSR count). The molecule has 0 N–H and O–H groups in total. The van der Waals surface area contributed by atoms with E-state index in [1.54, 1.807) is 18.2 Å². The largest absolute Gasteiger partial charge is 0.491 e. The number of benzene rings is 1. The number of halogens is 2. The Morgan fingerprint density at radius 3 is 2.64 bits per heavy atom. The number of hydrogen-bond acceptors (Lipinski definition) is 2. The molecule has 0 aromatic heterocycles. The van der Waals surface area contributed by atoms with Gasteiger partial charge in [0.15, 0.2) is 0 Å². The van der Waals surface area contributed by atoms with Gasteiger partial charge in [-0.05, 0) is 31.4 Å². The molecular weight excluding hydrogens is 321 g/mol. The first-order valence-electron chi connectivity index (χ1n) is 7.68. The van der Waals surface area contributed by atoms with Crippen molar-refractivity contribution in [1.82, 2.24) is 4.90 Å². The Morgan fingerprint density at radius 1 is 1.27 bits per heavy atom. The van der Waals surface area contributed by atoms with Gasteiger partial charge < -0.3 is 9.64 Å². The van der Waals surface area contributed by atoms with Crippen LogP contribution in [0.5, 0.6) is 5.75 Å². The molecule has 1 saturated heterocycles. The highest BCUT2D eigenvalue weighted by Crippen LogP contribution is 2.28. The third kappa shape index (κ3) is 4.30. The number of rotatable bonds is 3. The fraction of sp³-hybridized carbons (Fsp3) is 0.588. The highest BCUT2D eigenvalue weighted by molar-refractivity contribution is 6.42. The van der Waals surface area contributed by atoms with Gasteiger partial charge in [0.2, 0.25) is 5.91 Å². The van der Waals surface area contributed by atoms with Crippen molar-refractivity contribution in [2.75, 3.05) is 13.2 Å². The second-order valence-corrected chi connectivity index (χ2v) is 7.60. The molecule has 1 heterocycles. The van der Waals surface area contributed by atoms with Gasteiger partial charge >= 0.3 is 0 Å². The van der Waals surface area contributed by atoms with Crippen molar-refractivity contribution < 1.29 is 9.53 Å². The van der Waals surface area contributed by atoms with E-state index in [2.05, 4.69) is 0 Å². The predicted octanol–water partition coefficient (Wildman–Crippen LogP) is 4.80. The molecule has 0 radical (unpaired) electrons. The van der Waals surface area contributed by atoms with E-state index >= 15 is 0 Å². The topological polar surface area (TPSA) is 29.5 Å². The molecule has 1 atom stereocenters. The molecular formula is C17H23Cl2NO2. The maximum atomic E-state index is 12.6. The lowest BCUT2D eigenvalue weighted by Gasteiger charge is -2.39. The SMILES string of the molecule is CC(C)(C)C(=O)N1CCCCC1COc1ccc(Cl)c(Cl)c1. The number of amides is 1. The molecule has 1 fully saturated rings. The maximum absolute atomic E-state index is 12.6. The monoisotopic (exact) mass is 343 g/mol. The van der Waals surface area contributed by atoms with Crippen LogP contribution >= 0.6 is 23.2 Å². The van der Waals surface area contributed by atoms with Crippen molar-refractivity contribution in [2.24, 2.45) is 5.41 Å². The Labute approximate surface area is 142 Å². The molecule has 0 bridgehead atoms. The summed E-state index contributed by atoms with van der Waals surface area (Å²) in [5.74, 6) is 0.873. The van der Waals surface area contributed by atoms with Crippen molar-refractivity contribution in [1.29, 1.82) is 0 Å². The molecule has 122 valence electrons. The van der Waals surface area contributed by atoms with Crippen LogP contribution in [0.4, 0.5) is 0 Å². The number of carbonyl (C=O) groups excluding carboxylic acids is 1. The normalized spacial score (nSPS) is 19.1. The van der Waals surface area contributed by atoms with Gasteiger partial charge in [-0.1, -0.05) is 44.0 Å². The van der Waals surface area contributed by atoms with E-state index in [9.17, 15) is 4.79 Å². The average molecular weight is 344 g/mol. The molecule has 1 aromatic carbocycles. The summed E-state index contributed by atoms with van der Waals surface area (Å²) in [6, 6.07) is 5.35. The molecule has 1 unspecified atom stereocenters. The van der Waals surface area contributed by atoms with E-state index in [1.165, 1.54) is 0 Å². The zero-order chi connectivity index (χ0) is 16.3. The van der Waals surface area contributed by atoms with E-state index in [0.29, 0.717) is 22.4 Å². The van der Waals surface area contributed by atoms with Crippen LogP contribution in [0, 0.1) is 5.41 Å². The van der Waals surface area contributed by atoms with Gasteiger partial charge in [-0.3, -0.25) is 4.79 Å². The molecule has 1 aromatic rings. The predicted molar refractivity (Wildman–Crippen MR) is 90.8 cm³/mol. The molecule has 1 amide bonds. The van der Waals surface area contributed by atoms with Crippen LogP contribution in [0.15, 0.2) is 18.2 Å².